The molecular weight excluding hydrogens is 666 g/mol. The van der Waals surface area contributed by atoms with Crippen molar-refractivity contribution in [3.05, 3.63) is 23.8 Å². The van der Waals surface area contributed by atoms with Gasteiger partial charge in [0, 0.05) is 39.2 Å². The maximum absolute atomic E-state index is 14.7. The Hall–Kier alpha value is -1.70. The van der Waals surface area contributed by atoms with Gasteiger partial charge in [-0.25, -0.2) is 0 Å². The van der Waals surface area contributed by atoms with E-state index in [9.17, 15) is 9.59 Å². The van der Waals surface area contributed by atoms with Crippen LogP contribution in [0.3, 0.4) is 0 Å². The van der Waals surface area contributed by atoms with Gasteiger partial charge in [0.25, 0.3) is 0 Å². The first kappa shape index (κ1) is 40.0. The van der Waals surface area contributed by atoms with Gasteiger partial charge in [-0.05, 0) is 109 Å². The number of fused-ring (bicyclic) bond motifs is 5. The number of hydrogen-bond donors (Lipinski definition) is 0. The SMILES string of the molecule is CC[C@H]1CCC[C@H](O[C@H]2CC[C@H](N(C)C)C(C)O2)[C@@H](C)C(=O)C2=C[C@@H]3[C@@H](C=C[C@@H]4C[C@@H](O[C@@H]5OC(C)[C@H](OC)C(OC)C5OC)C[C@@H]34)[C@@H]2CC(=O)O1. The van der Waals surface area contributed by atoms with E-state index in [1.54, 1.807) is 21.3 Å². The Morgan fingerprint density at radius 3 is 2.25 bits per heavy atom. The number of esters is 1. The number of ether oxygens (including phenoxy) is 8. The highest BCUT2D eigenvalue weighted by molar-refractivity contribution is 5.99. The summed E-state index contributed by atoms with van der Waals surface area (Å²) >= 11 is 0. The molecule has 3 aliphatic heterocycles. The Morgan fingerprint density at radius 1 is 0.827 bits per heavy atom. The fourth-order valence-electron chi connectivity index (χ4n) is 10.4. The zero-order valence-electron chi connectivity index (χ0n) is 32.9. The second kappa shape index (κ2) is 17.4. The third kappa shape index (κ3) is 8.27. The molecule has 0 N–H and O–H groups in total. The Bertz CT molecular complexity index is 1290. The Labute approximate surface area is 311 Å². The van der Waals surface area contributed by atoms with E-state index in [1.165, 1.54) is 0 Å². The van der Waals surface area contributed by atoms with E-state index in [2.05, 4.69) is 51.1 Å². The van der Waals surface area contributed by atoms with E-state index in [4.69, 9.17) is 37.9 Å². The third-order valence-corrected chi connectivity index (χ3v) is 13.3. The molecule has 11 heteroatoms. The third-order valence-electron chi connectivity index (χ3n) is 13.3. The van der Waals surface area contributed by atoms with Gasteiger partial charge in [0.05, 0.1) is 30.8 Å². The van der Waals surface area contributed by atoms with Gasteiger partial charge in [-0.15, -0.1) is 0 Å². The summed E-state index contributed by atoms with van der Waals surface area (Å²) in [6.07, 6.45) is 10.8. The van der Waals surface area contributed by atoms with Crippen LogP contribution in [0.25, 0.3) is 0 Å². The molecular formula is C41H65NO10. The van der Waals surface area contributed by atoms with Crippen LogP contribution in [-0.4, -0.2) is 120 Å². The van der Waals surface area contributed by atoms with E-state index in [-0.39, 0.29) is 96.8 Å². The van der Waals surface area contributed by atoms with E-state index < -0.39 is 12.4 Å². The molecule has 0 spiro atoms. The number of carbonyl (C=O) groups is 2. The van der Waals surface area contributed by atoms with Crippen LogP contribution >= 0.6 is 0 Å². The van der Waals surface area contributed by atoms with Crippen molar-refractivity contribution in [3.63, 3.8) is 0 Å². The first-order valence-corrected chi connectivity index (χ1v) is 20.0. The van der Waals surface area contributed by atoms with Crippen LogP contribution in [0, 0.1) is 35.5 Å². The largest absolute Gasteiger partial charge is 0.462 e. The summed E-state index contributed by atoms with van der Waals surface area (Å²) in [6, 6.07) is 0.339. The summed E-state index contributed by atoms with van der Waals surface area (Å²) in [4.78, 5) is 30.4. The molecule has 0 radical (unpaired) electrons. The number of hydrogen-bond acceptors (Lipinski definition) is 11. The maximum atomic E-state index is 14.7. The molecule has 0 aromatic rings. The summed E-state index contributed by atoms with van der Waals surface area (Å²) in [7, 11) is 9.15. The van der Waals surface area contributed by atoms with Gasteiger partial charge in [0.15, 0.2) is 18.4 Å². The van der Waals surface area contributed by atoms with Crippen molar-refractivity contribution in [2.75, 3.05) is 35.4 Å². The van der Waals surface area contributed by atoms with Gasteiger partial charge in [0.2, 0.25) is 0 Å². The highest BCUT2D eigenvalue weighted by Crippen LogP contribution is 2.54. The molecule has 11 nitrogen and oxygen atoms in total. The molecule has 1 saturated carbocycles. The number of rotatable bonds is 9. The standard InChI is InChI=1S/C41H65NO10/c1-10-26-12-11-13-34(52-36-17-16-33(42(5)6)23(3)48-36)22(2)37(44)32-20-30-28(31(32)21-35(43)50-26)15-14-25-18-27(19-29(25)30)51-41-40(47-9)39(46-8)38(45-7)24(4)49-41/h14-15,20,22-31,33-34,36,38-41H,10-13,16-19,21H2,1-9H3/t22-,23?,24?,25-,26+,27-,28-,29-,30-,31+,33+,34+,36+,38+,39?,40?,41+/m1/s1. The molecule has 4 unspecified atom stereocenters. The first-order valence-electron chi connectivity index (χ1n) is 20.0. The summed E-state index contributed by atoms with van der Waals surface area (Å²) in [5.41, 5.74) is 0.763. The molecule has 6 aliphatic rings. The predicted octanol–water partition coefficient (Wildman–Crippen LogP) is 5.49. The number of Topliss-reactive ketones (excluding diaryl/α,β-unsaturated/α-hetero) is 1. The minimum Gasteiger partial charge on any atom is -0.462 e. The molecule has 294 valence electrons. The number of allylic oxidation sites excluding steroid dienone is 4. The zero-order valence-corrected chi connectivity index (χ0v) is 32.9. The molecule has 0 bridgehead atoms. The van der Waals surface area contributed by atoms with Gasteiger partial charge in [-0.3, -0.25) is 9.59 Å². The van der Waals surface area contributed by atoms with Crippen molar-refractivity contribution in [1.82, 2.24) is 4.90 Å². The number of methoxy groups -OCH3 is 3. The number of ketones is 1. The lowest BCUT2D eigenvalue weighted by Gasteiger charge is -2.44. The second-order valence-corrected chi connectivity index (χ2v) is 16.5. The Morgan fingerprint density at radius 2 is 1.58 bits per heavy atom. The number of nitrogens with zero attached hydrogens (tertiary/aromatic N) is 1. The summed E-state index contributed by atoms with van der Waals surface area (Å²) in [5, 5.41) is 0. The van der Waals surface area contributed by atoms with Crippen LogP contribution < -0.4 is 0 Å². The van der Waals surface area contributed by atoms with E-state index in [1.807, 2.05) is 13.8 Å². The van der Waals surface area contributed by atoms with Crippen molar-refractivity contribution in [2.24, 2.45) is 35.5 Å². The van der Waals surface area contributed by atoms with Crippen molar-refractivity contribution >= 4 is 11.8 Å². The molecule has 0 aromatic carbocycles. The highest BCUT2D eigenvalue weighted by Gasteiger charge is 2.52. The average molecular weight is 732 g/mol. The lowest BCUT2D eigenvalue weighted by Crippen LogP contribution is -2.59. The molecule has 3 heterocycles. The average Bonchev–Trinajstić information content (AvgIpc) is 3.70. The Balaban J connectivity index is 1.20. The molecule has 17 atom stereocenters. The van der Waals surface area contributed by atoms with Crippen LogP contribution in [0.5, 0.6) is 0 Å². The monoisotopic (exact) mass is 731 g/mol. The molecule has 0 amide bonds. The predicted molar refractivity (Wildman–Crippen MR) is 194 cm³/mol. The minimum atomic E-state index is -0.594. The van der Waals surface area contributed by atoms with Crippen molar-refractivity contribution in [1.29, 1.82) is 0 Å². The summed E-state index contributed by atoms with van der Waals surface area (Å²) < 4.78 is 49.5. The minimum absolute atomic E-state index is 0.0380. The van der Waals surface area contributed by atoms with E-state index >= 15 is 0 Å². The molecule has 52 heavy (non-hydrogen) atoms. The fourth-order valence-corrected chi connectivity index (χ4v) is 10.4. The number of cyclic esters (lactones) is 1. The first-order chi connectivity index (χ1) is 25.0. The van der Waals surface area contributed by atoms with Gasteiger partial charge < -0.3 is 42.8 Å². The van der Waals surface area contributed by atoms with Crippen LogP contribution in [0.1, 0.15) is 85.5 Å². The normalized spacial score (nSPS) is 45.7. The van der Waals surface area contributed by atoms with Crippen LogP contribution in [0.15, 0.2) is 23.8 Å². The molecule has 4 fully saturated rings. The van der Waals surface area contributed by atoms with Crippen molar-refractivity contribution in [2.45, 2.75) is 153 Å². The summed E-state index contributed by atoms with van der Waals surface area (Å²) in [5.74, 6) is 0.0198. The number of likely N-dealkylation sites (N-methyl/N-ethyl adjacent to an activating group) is 1. The smallest absolute Gasteiger partial charge is 0.306 e. The van der Waals surface area contributed by atoms with Crippen molar-refractivity contribution in [3.8, 4) is 0 Å². The van der Waals surface area contributed by atoms with E-state index in [0.717, 1.165) is 50.5 Å². The molecule has 3 aliphatic carbocycles. The number of carbonyl (C=O) groups excluding carboxylic acids is 2. The van der Waals surface area contributed by atoms with Gasteiger partial charge >= 0.3 is 5.97 Å². The van der Waals surface area contributed by atoms with Crippen LogP contribution in [-0.2, 0) is 47.5 Å². The lowest BCUT2D eigenvalue weighted by molar-refractivity contribution is -0.314. The highest BCUT2D eigenvalue weighted by atomic mass is 16.7. The van der Waals surface area contributed by atoms with Gasteiger partial charge in [0.1, 0.15) is 24.4 Å². The molecule has 0 aromatic heterocycles. The van der Waals surface area contributed by atoms with Gasteiger partial charge in [-0.1, -0.05) is 32.1 Å². The topological polar surface area (TPSA) is 111 Å². The second-order valence-electron chi connectivity index (χ2n) is 16.5. The maximum Gasteiger partial charge on any atom is 0.306 e. The quantitative estimate of drug-likeness (QED) is 0.222. The fraction of sp³-hybridized carbons (Fsp3) is 0.854. The van der Waals surface area contributed by atoms with Crippen LogP contribution in [0.2, 0.25) is 0 Å². The van der Waals surface area contributed by atoms with E-state index in [0.29, 0.717) is 18.4 Å². The Kier molecular flexibility index (Phi) is 13.4. The zero-order chi connectivity index (χ0) is 37.3. The summed E-state index contributed by atoms with van der Waals surface area (Å²) in [6.45, 7) is 8.17. The molecule has 3 saturated heterocycles. The van der Waals surface area contributed by atoms with Crippen LogP contribution in [0.4, 0.5) is 0 Å². The van der Waals surface area contributed by atoms with Gasteiger partial charge in [-0.2, -0.15) is 0 Å². The lowest BCUT2D eigenvalue weighted by atomic mass is 9.70. The van der Waals surface area contributed by atoms with Crippen molar-refractivity contribution < 1.29 is 47.5 Å². The molecule has 6 rings (SSSR count).